The number of aldehydes is 1. The average Bonchev–Trinajstić information content (AvgIpc) is 2.76. The van der Waals surface area contributed by atoms with Crippen LogP contribution in [0.2, 0.25) is 5.15 Å². The highest BCUT2D eigenvalue weighted by molar-refractivity contribution is 6.32. The van der Waals surface area contributed by atoms with Crippen LogP contribution in [0, 0.1) is 0 Å². The summed E-state index contributed by atoms with van der Waals surface area (Å²) in [5, 5.41) is 3.53. The van der Waals surface area contributed by atoms with Gasteiger partial charge in [0.2, 0.25) is 0 Å². The molecule has 7 heteroatoms. The fourth-order valence-corrected chi connectivity index (χ4v) is 1.87. The summed E-state index contributed by atoms with van der Waals surface area (Å²) in [6.45, 7) is 0. The van der Waals surface area contributed by atoms with E-state index in [1.807, 2.05) is 0 Å². The molecular formula is C12H9ClF2N2O2. The summed E-state index contributed by atoms with van der Waals surface area (Å²) in [4.78, 5) is 10.8. The van der Waals surface area contributed by atoms with Gasteiger partial charge in [-0.05, 0) is 24.3 Å². The van der Waals surface area contributed by atoms with E-state index < -0.39 is 12.1 Å². The first kappa shape index (κ1) is 13.5. The van der Waals surface area contributed by atoms with Crippen LogP contribution < -0.4 is 4.74 Å². The van der Waals surface area contributed by atoms with Crippen molar-refractivity contribution in [1.82, 2.24) is 9.78 Å². The van der Waals surface area contributed by atoms with Crippen LogP contribution in [-0.2, 0) is 0 Å². The maximum absolute atomic E-state index is 12.7. The van der Waals surface area contributed by atoms with E-state index in [0.29, 0.717) is 11.4 Å². The molecule has 0 amide bonds. The van der Waals surface area contributed by atoms with Gasteiger partial charge in [-0.3, -0.25) is 4.79 Å². The number of carbonyl (C=O) groups is 1. The average molecular weight is 287 g/mol. The summed E-state index contributed by atoms with van der Waals surface area (Å²) in [7, 11) is 1.51. The molecule has 100 valence electrons. The molecule has 1 aromatic heterocycles. The molecule has 0 fully saturated rings. The Balaban J connectivity index is 2.52. The lowest BCUT2D eigenvalue weighted by atomic mass is 10.3. The first-order valence-electron chi connectivity index (χ1n) is 5.24. The van der Waals surface area contributed by atoms with Gasteiger partial charge in [0.25, 0.3) is 6.43 Å². The van der Waals surface area contributed by atoms with Crippen molar-refractivity contribution in [2.24, 2.45) is 0 Å². The molecule has 0 atom stereocenters. The third-order valence-electron chi connectivity index (χ3n) is 2.53. The van der Waals surface area contributed by atoms with E-state index in [4.69, 9.17) is 16.3 Å². The fourth-order valence-electron chi connectivity index (χ4n) is 1.59. The van der Waals surface area contributed by atoms with Crippen molar-refractivity contribution in [3.8, 4) is 11.4 Å². The Bertz CT molecular complexity index is 597. The van der Waals surface area contributed by atoms with Gasteiger partial charge in [0, 0.05) is 0 Å². The summed E-state index contributed by atoms with van der Waals surface area (Å²) >= 11 is 5.89. The Morgan fingerprint density at radius 3 is 2.42 bits per heavy atom. The van der Waals surface area contributed by atoms with Crippen molar-refractivity contribution in [1.29, 1.82) is 0 Å². The molecule has 0 saturated heterocycles. The number of carbonyl (C=O) groups excluding carboxylic acids is 1. The lowest BCUT2D eigenvalue weighted by Gasteiger charge is -2.04. The predicted molar refractivity (Wildman–Crippen MR) is 65.5 cm³/mol. The zero-order valence-corrected chi connectivity index (χ0v) is 10.6. The van der Waals surface area contributed by atoms with Crippen molar-refractivity contribution in [3.05, 3.63) is 40.7 Å². The Morgan fingerprint density at radius 2 is 2.00 bits per heavy atom. The molecule has 1 aromatic carbocycles. The molecule has 0 spiro atoms. The molecule has 0 N–H and O–H groups in total. The van der Waals surface area contributed by atoms with Gasteiger partial charge in [0.05, 0.1) is 18.4 Å². The minimum atomic E-state index is -2.86. The summed E-state index contributed by atoms with van der Waals surface area (Å²) < 4.78 is 31.5. The minimum Gasteiger partial charge on any atom is -0.497 e. The zero-order valence-electron chi connectivity index (χ0n) is 9.81. The molecule has 0 unspecified atom stereocenters. The van der Waals surface area contributed by atoms with E-state index in [-0.39, 0.29) is 17.0 Å². The van der Waals surface area contributed by atoms with E-state index in [2.05, 4.69) is 5.10 Å². The maximum atomic E-state index is 12.7. The van der Waals surface area contributed by atoms with Gasteiger partial charge >= 0.3 is 0 Å². The quantitative estimate of drug-likeness (QED) is 0.810. The molecule has 19 heavy (non-hydrogen) atoms. The van der Waals surface area contributed by atoms with Crippen molar-refractivity contribution in [3.63, 3.8) is 0 Å². The maximum Gasteiger partial charge on any atom is 0.282 e. The normalized spacial score (nSPS) is 10.8. The third kappa shape index (κ3) is 2.44. The number of halogens is 3. The van der Waals surface area contributed by atoms with E-state index in [9.17, 15) is 13.6 Å². The van der Waals surface area contributed by atoms with E-state index in [0.717, 1.165) is 4.68 Å². The van der Waals surface area contributed by atoms with Crippen LogP contribution in [0.25, 0.3) is 5.69 Å². The third-order valence-corrected chi connectivity index (χ3v) is 2.90. The Kier molecular flexibility index (Phi) is 3.80. The van der Waals surface area contributed by atoms with Crippen molar-refractivity contribution in [2.75, 3.05) is 7.11 Å². The number of benzene rings is 1. The second kappa shape index (κ2) is 5.36. The van der Waals surface area contributed by atoms with Crippen molar-refractivity contribution in [2.45, 2.75) is 6.43 Å². The highest BCUT2D eigenvalue weighted by Gasteiger charge is 2.23. The molecule has 4 nitrogen and oxygen atoms in total. The number of hydrogen-bond acceptors (Lipinski definition) is 3. The van der Waals surface area contributed by atoms with Gasteiger partial charge in [-0.15, -0.1) is 0 Å². The fraction of sp³-hybridized carbons (Fsp3) is 0.167. The first-order chi connectivity index (χ1) is 9.08. The summed E-state index contributed by atoms with van der Waals surface area (Å²) in [6.07, 6.45) is -2.59. The smallest absolute Gasteiger partial charge is 0.282 e. The number of alkyl halides is 2. The standard InChI is InChI=1S/C12H9ClF2N2O2/c1-19-8-4-2-7(3-5-8)17-11(13)9(6-18)10(16-17)12(14)15/h2-6,12H,1H3. The highest BCUT2D eigenvalue weighted by Crippen LogP contribution is 2.29. The lowest BCUT2D eigenvalue weighted by molar-refractivity contribution is 0.110. The van der Waals surface area contributed by atoms with Crippen molar-refractivity contribution < 1.29 is 18.3 Å². The number of hydrogen-bond donors (Lipinski definition) is 0. The molecule has 0 aliphatic heterocycles. The van der Waals surface area contributed by atoms with Crippen LogP contribution >= 0.6 is 11.6 Å². The van der Waals surface area contributed by atoms with Crippen LogP contribution in [0.5, 0.6) is 5.75 Å². The molecular weight excluding hydrogens is 278 g/mol. The topological polar surface area (TPSA) is 44.1 Å². The monoisotopic (exact) mass is 286 g/mol. The van der Waals surface area contributed by atoms with Crippen LogP contribution in [0.4, 0.5) is 8.78 Å². The summed E-state index contributed by atoms with van der Waals surface area (Å²) in [5.41, 5.74) is -0.468. The van der Waals surface area contributed by atoms with E-state index >= 15 is 0 Å². The largest absolute Gasteiger partial charge is 0.497 e. The zero-order chi connectivity index (χ0) is 14.0. The van der Waals surface area contributed by atoms with Gasteiger partial charge in [0.15, 0.2) is 6.29 Å². The molecule has 1 heterocycles. The molecule has 2 rings (SSSR count). The van der Waals surface area contributed by atoms with Crippen LogP contribution in [-0.4, -0.2) is 23.2 Å². The SMILES string of the molecule is COc1ccc(-n2nc(C(F)F)c(C=O)c2Cl)cc1. The van der Waals surface area contributed by atoms with Crippen LogP contribution in [0.1, 0.15) is 22.5 Å². The highest BCUT2D eigenvalue weighted by atomic mass is 35.5. The first-order valence-corrected chi connectivity index (χ1v) is 5.62. The Hall–Kier alpha value is -1.95. The van der Waals surface area contributed by atoms with E-state index in [1.54, 1.807) is 24.3 Å². The summed E-state index contributed by atoms with van der Waals surface area (Å²) in [5.74, 6) is 0.608. The number of aromatic nitrogens is 2. The van der Waals surface area contributed by atoms with Crippen LogP contribution in [0.3, 0.4) is 0 Å². The lowest BCUT2D eigenvalue weighted by Crippen LogP contribution is -1.97. The van der Waals surface area contributed by atoms with E-state index in [1.165, 1.54) is 7.11 Å². The molecule has 0 saturated carbocycles. The van der Waals surface area contributed by atoms with Crippen LogP contribution in [0.15, 0.2) is 24.3 Å². The summed E-state index contributed by atoms with van der Waals surface area (Å²) in [6, 6.07) is 6.47. The second-order valence-electron chi connectivity index (χ2n) is 3.62. The van der Waals surface area contributed by atoms with Gasteiger partial charge in [-0.1, -0.05) is 11.6 Å². The molecule has 0 aliphatic rings. The Morgan fingerprint density at radius 1 is 1.37 bits per heavy atom. The van der Waals surface area contributed by atoms with Gasteiger partial charge < -0.3 is 4.74 Å². The number of rotatable bonds is 4. The van der Waals surface area contributed by atoms with Gasteiger partial charge in [0.1, 0.15) is 16.6 Å². The number of ether oxygens (including phenoxy) is 1. The van der Waals surface area contributed by atoms with Crippen molar-refractivity contribution >= 4 is 17.9 Å². The molecule has 0 radical (unpaired) electrons. The number of nitrogens with zero attached hydrogens (tertiary/aromatic N) is 2. The second-order valence-corrected chi connectivity index (χ2v) is 3.98. The molecule has 0 bridgehead atoms. The predicted octanol–water partition coefficient (Wildman–Crippen LogP) is 3.28. The van der Waals surface area contributed by atoms with Gasteiger partial charge in [-0.2, -0.15) is 5.10 Å². The molecule has 0 aliphatic carbocycles. The van der Waals surface area contributed by atoms with Gasteiger partial charge in [-0.25, -0.2) is 13.5 Å². The number of methoxy groups -OCH3 is 1. The minimum absolute atomic E-state index is 0.143. The molecule has 2 aromatic rings. The Labute approximate surface area is 112 Å².